The van der Waals surface area contributed by atoms with Gasteiger partial charge in [0.25, 0.3) is 5.91 Å². The van der Waals surface area contributed by atoms with Crippen LogP contribution < -0.4 is 5.32 Å². The molecule has 0 aliphatic rings. The Morgan fingerprint density at radius 3 is 2.42 bits per heavy atom. The molecule has 0 radical (unpaired) electrons. The maximum absolute atomic E-state index is 12.4. The molecule has 26 heavy (non-hydrogen) atoms. The molecule has 4 nitrogen and oxygen atoms in total. The smallest absolute Gasteiger partial charge is 0.257 e. The Kier molecular flexibility index (Phi) is 5.35. The number of aromatic nitrogens is 2. The van der Waals surface area contributed by atoms with E-state index in [1.807, 2.05) is 42.9 Å². The molecule has 0 aliphatic carbocycles. The summed E-state index contributed by atoms with van der Waals surface area (Å²) in [6.07, 6.45) is 0.805. The maximum atomic E-state index is 12.4. The summed E-state index contributed by atoms with van der Waals surface area (Å²) in [6.45, 7) is 4.09. The van der Waals surface area contributed by atoms with Gasteiger partial charge in [0.2, 0.25) is 0 Å². The van der Waals surface area contributed by atoms with Gasteiger partial charge in [-0.1, -0.05) is 35.3 Å². The van der Waals surface area contributed by atoms with Crippen LogP contribution in [0.1, 0.15) is 32.9 Å². The molecular formula is C20H19Cl2N3O. The zero-order valence-corrected chi connectivity index (χ0v) is 16.3. The Morgan fingerprint density at radius 1 is 1.12 bits per heavy atom. The van der Waals surface area contributed by atoms with Crippen LogP contribution in [-0.4, -0.2) is 15.7 Å². The minimum Gasteiger partial charge on any atom is -0.322 e. The highest BCUT2D eigenvalue weighted by molar-refractivity contribution is 6.36. The van der Waals surface area contributed by atoms with E-state index in [-0.39, 0.29) is 5.91 Å². The summed E-state index contributed by atoms with van der Waals surface area (Å²) in [5.74, 6) is -0.288. The van der Waals surface area contributed by atoms with Crippen molar-refractivity contribution in [1.29, 1.82) is 0 Å². The molecule has 1 aromatic heterocycles. The molecule has 3 aromatic rings. The van der Waals surface area contributed by atoms with Crippen molar-refractivity contribution >= 4 is 34.8 Å². The van der Waals surface area contributed by atoms with Crippen LogP contribution in [0.4, 0.5) is 5.69 Å². The zero-order chi connectivity index (χ0) is 18.8. The third-order valence-electron chi connectivity index (χ3n) is 4.42. The van der Waals surface area contributed by atoms with Gasteiger partial charge in [0.1, 0.15) is 0 Å². The number of carbonyl (C=O) groups excluding carboxylic acids is 1. The summed E-state index contributed by atoms with van der Waals surface area (Å²) in [4.78, 5) is 12.4. The second kappa shape index (κ2) is 7.52. The first kappa shape index (κ1) is 18.5. The number of hydrogen-bond donors (Lipinski definition) is 1. The van der Waals surface area contributed by atoms with Crippen molar-refractivity contribution in [2.45, 2.75) is 20.3 Å². The largest absolute Gasteiger partial charge is 0.322 e. The van der Waals surface area contributed by atoms with E-state index >= 15 is 0 Å². The van der Waals surface area contributed by atoms with Gasteiger partial charge >= 0.3 is 0 Å². The summed E-state index contributed by atoms with van der Waals surface area (Å²) < 4.78 is 1.90. The number of hydrogen-bond acceptors (Lipinski definition) is 2. The number of carbonyl (C=O) groups is 1. The molecule has 0 fully saturated rings. The fourth-order valence-electron chi connectivity index (χ4n) is 2.85. The van der Waals surface area contributed by atoms with E-state index in [0.29, 0.717) is 21.3 Å². The quantitative estimate of drug-likeness (QED) is 0.669. The van der Waals surface area contributed by atoms with Gasteiger partial charge in [0.05, 0.1) is 16.3 Å². The monoisotopic (exact) mass is 387 g/mol. The number of benzene rings is 2. The van der Waals surface area contributed by atoms with Gasteiger partial charge in [0, 0.05) is 35.4 Å². The Hall–Kier alpha value is -2.30. The molecule has 3 rings (SSSR count). The molecule has 1 heterocycles. The second-order valence-electron chi connectivity index (χ2n) is 6.22. The van der Waals surface area contributed by atoms with Crippen LogP contribution in [0.25, 0.3) is 0 Å². The van der Waals surface area contributed by atoms with Gasteiger partial charge in [-0.2, -0.15) is 5.10 Å². The van der Waals surface area contributed by atoms with Crippen LogP contribution >= 0.6 is 23.2 Å². The van der Waals surface area contributed by atoms with Crippen LogP contribution in [0.15, 0.2) is 42.5 Å². The Bertz CT molecular complexity index is 962. The van der Waals surface area contributed by atoms with E-state index in [9.17, 15) is 4.79 Å². The molecule has 0 aliphatic heterocycles. The van der Waals surface area contributed by atoms with Gasteiger partial charge in [-0.15, -0.1) is 0 Å². The standard InChI is InChI=1S/C20H19Cl2N3O/c1-12-17(13(2)25(3)24-12)10-14-4-7-16(8-5-14)23-20(26)18-11-15(21)6-9-19(18)22/h4-9,11H,10H2,1-3H3,(H,23,26). The average Bonchev–Trinajstić information content (AvgIpc) is 2.85. The van der Waals surface area contributed by atoms with Gasteiger partial charge in [-0.3, -0.25) is 9.48 Å². The van der Waals surface area contributed by atoms with Gasteiger partial charge in [0.15, 0.2) is 0 Å². The third-order valence-corrected chi connectivity index (χ3v) is 4.99. The summed E-state index contributed by atoms with van der Waals surface area (Å²) in [5, 5.41) is 8.13. The number of amides is 1. The normalized spacial score (nSPS) is 10.8. The third kappa shape index (κ3) is 3.92. The lowest BCUT2D eigenvalue weighted by molar-refractivity contribution is 0.102. The predicted molar refractivity (Wildman–Crippen MR) is 106 cm³/mol. The fourth-order valence-corrected chi connectivity index (χ4v) is 3.23. The van der Waals surface area contributed by atoms with E-state index in [2.05, 4.69) is 17.3 Å². The van der Waals surface area contributed by atoms with Crippen molar-refractivity contribution in [3.05, 3.63) is 80.6 Å². The van der Waals surface area contributed by atoms with Crippen LogP contribution in [0.5, 0.6) is 0 Å². The molecule has 6 heteroatoms. The van der Waals surface area contributed by atoms with E-state index in [0.717, 1.165) is 23.4 Å². The van der Waals surface area contributed by atoms with Gasteiger partial charge in [-0.25, -0.2) is 0 Å². The lowest BCUT2D eigenvalue weighted by Crippen LogP contribution is -2.12. The Balaban J connectivity index is 1.73. The van der Waals surface area contributed by atoms with Gasteiger partial charge < -0.3 is 5.32 Å². The summed E-state index contributed by atoms with van der Waals surface area (Å²) in [6, 6.07) is 12.6. The molecule has 0 spiro atoms. The maximum Gasteiger partial charge on any atom is 0.257 e. The Labute approximate surface area is 162 Å². The van der Waals surface area contributed by atoms with E-state index < -0.39 is 0 Å². The number of nitrogens with one attached hydrogen (secondary N) is 1. The highest BCUT2D eigenvalue weighted by Gasteiger charge is 2.12. The number of anilines is 1. The topological polar surface area (TPSA) is 46.9 Å². The fraction of sp³-hybridized carbons (Fsp3) is 0.200. The van der Waals surface area contributed by atoms with Crippen molar-refractivity contribution in [3.63, 3.8) is 0 Å². The molecular weight excluding hydrogens is 369 g/mol. The predicted octanol–water partition coefficient (Wildman–Crippen LogP) is 5.19. The van der Waals surface area contributed by atoms with Crippen LogP contribution in [0.3, 0.4) is 0 Å². The van der Waals surface area contributed by atoms with Crippen molar-refractivity contribution in [3.8, 4) is 0 Å². The first-order chi connectivity index (χ1) is 12.3. The molecule has 1 amide bonds. The lowest BCUT2D eigenvalue weighted by atomic mass is 10.0. The molecule has 0 unspecified atom stereocenters. The first-order valence-corrected chi connectivity index (χ1v) is 8.95. The SMILES string of the molecule is Cc1nn(C)c(C)c1Cc1ccc(NC(=O)c2cc(Cl)ccc2Cl)cc1. The molecule has 1 N–H and O–H groups in total. The van der Waals surface area contributed by atoms with E-state index in [1.54, 1.807) is 18.2 Å². The number of rotatable bonds is 4. The second-order valence-corrected chi connectivity index (χ2v) is 7.07. The number of aryl methyl sites for hydroxylation is 2. The summed E-state index contributed by atoms with van der Waals surface area (Å²) in [5.41, 5.74) is 5.64. The van der Waals surface area contributed by atoms with E-state index in [4.69, 9.17) is 23.2 Å². The number of nitrogens with zero attached hydrogens (tertiary/aromatic N) is 2. The van der Waals surface area contributed by atoms with E-state index in [1.165, 1.54) is 5.56 Å². The molecule has 0 atom stereocenters. The average molecular weight is 388 g/mol. The minimum atomic E-state index is -0.288. The zero-order valence-electron chi connectivity index (χ0n) is 14.8. The van der Waals surface area contributed by atoms with Crippen molar-refractivity contribution < 1.29 is 4.79 Å². The summed E-state index contributed by atoms with van der Waals surface area (Å²) >= 11 is 12.0. The van der Waals surface area contributed by atoms with Crippen molar-refractivity contribution in [2.75, 3.05) is 5.32 Å². The Morgan fingerprint density at radius 2 is 1.81 bits per heavy atom. The molecule has 0 saturated heterocycles. The van der Waals surface area contributed by atoms with Gasteiger partial charge in [-0.05, 0) is 49.7 Å². The van der Waals surface area contributed by atoms with Crippen LogP contribution in [-0.2, 0) is 13.5 Å². The highest BCUT2D eigenvalue weighted by Crippen LogP contribution is 2.23. The molecule has 2 aromatic carbocycles. The summed E-state index contributed by atoms with van der Waals surface area (Å²) in [7, 11) is 1.95. The molecule has 0 bridgehead atoms. The minimum absolute atomic E-state index is 0.288. The lowest BCUT2D eigenvalue weighted by Gasteiger charge is -2.09. The van der Waals surface area contributed by atoms with Crippen molar-refractivity contribution in [2.24, 2.45) is 7.05 Å². The molecule has 134 valence electrons. The highest BCUT2D eigenvalue weighted by atomic mass is 35.5. The first-order valence-electron chi connectivity index (χ1n) is 8.19. The number of halogens is 2. The van der Waals surface area contributed by atoms with Crippen LogP contribution in [0.2, 0.25) is 10.0 Å². The van der Waals surface area contributed by atoms with Crippen LogP contribution in [0, 0.1) is 13.8 Å². The molecule has 0 saturated carbocycles. The van der Waals surface area contributed by atoms with Crippen molar-refractivity contribution in [1.82, 2.24) is 9.78 Å².